The van der Waals surface area contributed by atoms with E-state index < -0.39 is 12.1 Å². The van der Waals surface area contributed by atoms with Crippen LogP contribution in [0.15, 0.2) is 24.3 Å². The summed E-state index contributed by atoms with van der Waals surface area (Å²) in [5, 5.41) is 22.0. The molecule has 0 radical (unpaired) electrons. The zero-order valence-electron chi connectivity index (χ0n) is 11.0. The average molecular weight is 263 g/mol. The van der Waals surface area contributed by atoms with Crippen LogP contribution in [0.3, 0.4) is 0 Å². The van der Waals surface area contributed by atoms with Gasteiger partial charge in [-0.2, -0.15) is 0 Å². The van der Waals surface area contributed by atoms with Crippen LogP contribution in [0.2, 0.25) is 0 Å². The number of hydrogen-bond donors (Lipinski definition) is 3. The third-order valence-corrected chi connectivity index (χ3v) is 3.67. The summed E-state index contributed by atoms with van der Waals surface area (Å²) in [6.07, 6.45) is 3.21. The molecule has 1 fully saturated rings. The van der Waals surface area contributed by atoms with Crippen molar-refractivity contribution in [2.75, 3.05) is 6.54 Å². The van der Waals surface area contributed by atoms with Gasteiger partial charge in [-0.05, 0) is 36.9 Å². The van der Waals surface area contributed by atoms with E-state index in [1.807, 2.05) is 24.3 Å². The van der Waals surface area contributed by atoms with Gasteiger partial charge in [0.15, 0.2) is 0 Å². The van der Waals surface area contributed by atoms with Crippen molar-refractivity contribution in [1.29, 1.82) is 0 Å². The van der Waals surface area contributed by atoms with Crippen LogP contribution in [0, 0.1) is 0 Å². The lowest BCUT2D eigenvalue weighted by molar-refractivity contribution is -0.137. The fraction of sp³-hybridized carbons (Fsp3) is 0.533. The van der Waals surface area contributed by atoms with Gasteiger partial charge in [0.1, 0.15) is 0 Å². The predicted octanol–water partition coefficient (Wildman–Crippen LogP) is 2.40. The maximum Gasteiger partial charge on any atom is 0.303 e. The van der Waals surface area contributed by atoms with E-state index in [0.29, 0.717) is 6.04 Å². The Hall–Kier alpha value is -1.39. The van der Waals surface area contributed by atoms with Crippen LogP contribution in [0.25, 0.3) is 0 Å². The van der Waals surface area contributed by atoms with E-state index >= 15 is 0 Å². The number of nitrogens with one attached hydrogen (secondary N) is 1. The topological polar surface area (TPSA) is 69.6 Å². The van der Waals surface area contributed by atoms with Crippen molar-refractivity contribution < 1.29 is 15.0 Å². The minimum Gasteiger partial charge on any atom is -0.481 e. The Morgan fingerprint density at radius 3 is 2.63 bits per heavy atom. The first kappa shape index (κ1) is 14.0. The van der Waals surface area contributed by atoms with Gasteiger partial charge in [0, 0.05) is 12.5 Å². The quantitative estimate of drug-likeness (QED) is 0.763. The predicted molar refractivity (Wildman–Crippen MR) is 72.9 cm³/mol. The standard InChI is InChI=1S/C15H21NO3/c17-14(8-9-15(18)19)12-6-4-11(5-7-12)13-3-1-2-10-16-13/h4-7,13-14,16-17H,1-3,8-10H2,(H,18,19). The van der Waals surface area contributed by atoms with Crippen LogP contribution < -0.4 is 5.32 Å². The smallest absolute Gasteiger partial charge is 0.303 e. The van der Waals surface area contributed by atoms with E-state index in [-0.39, 0.29) is 12.8 Å². The fourth-order valence-corrected chi connectivity index (χ4v) is 2.51. The molecule has 1 aliphatic heterocycles. The third kappa shape index (κ3) is 4.04. The van der Waals surface area contributed by atoms with Crippen LogP contribution in [0.4, 0.5) is 0 Å². The van der Waals surface area contributed by atoms with Crippen molar-refractivity contribution >= 4 is 5.97 Å². The van der Waals surface area contributed by atoms with Crippen LogP contribution in [0.1, 0.15) is 55.4 Å². The van der Waals surface area contributed by atoms with Gasteiger partial charge in [-0.1, -0.05) is 30.7 Å². The van der Waals surface area contributed by atoms with E-state index in [1.165, 1.54) is 18.4 Å². The highest BCUT2D eigenvalue weighted by molar-refractivity contribution is 5.66. The van der Waals surface area contributed by atoms with E-state index in [4.69, 9.17) is 5.11 Å². The minimum absolute atomic E-state index is 0.00685. The molecule has 0 saturated carbocycles. The van der Waals surface area contributed by atoms with Crippen LogP contribution >= 0.6 is 0 Å². The minimum atomic E-state index is -0.873. The van der Waals surface area contributed by atoms with Crippen LogP contribution in [0.5, 0.6) is 0 Å². The van der Waals surface area contributed by atoms with Crippen molar-refractivity contribution in [3.63, 3.8) is 0 Å². The molecule has 1 aromatic carbocycles. The van der Waals surface area contributed by atoms with Gasteiger partial charge < -0.3 is 15.5 Å². The summed E-state index contributed by atoms with van der Waals surface area (Å²) >= 11 is 0. The second-order valence-corrected chi connectivity index (χ2v) is 5.12. The molecular formula is C15H21NO3. The zero-order chi connectivity index (χ0) is 13.7. The number of carboxylic acids is 1. The Morgan fingerprint density at radius 1 is 1.32 bits per heavy atom. The molecule has 1 aliphatic rings. The number of carbonyl (C=O) groups is 1. The van der Waals surface area contributed by atoms with E-state index in [9.17, 15) is 9.90 Å². The number of piperidine rings is 1. The first-order valence-electron chi connectivity index (χ1n) is 6.90. The normalized spacial score (nSPS) is 21.0. The van der Waals surface area contributed by atoms with Crippen molar-refractivity contribution in [1.82, 2.24) is 5.32 Å². The maximum atomic E-state index is 10.5. The molecule has 4 nitrogen and oxygen atoms in total. The molecule has 0 aliphatic carbocycles. The van der Waals surface area contributed by atoms with E-state index in [0.717, 1.165) is 18.5 Å². The van der Waals surface area contributed by atoms with E-state index in [1.54, 1.807) is 0 Å². The number of aliphatic carboxylic acids is 1. The molecule has 19 heavy (non-hydrogen) atoms. The molecule has 3 N–H and O–H groups in total. The van der Waals surface area contributed by atoms with Crippen LogP contribution in [-0.2, 0) is 4.79 Å². The molecule has 0 spiro atoms. The number of benzene rings is 1. The van der Waals surface area contributed by atoms with Gasteiger partial charge in [-0.15, -0.1) is 0 Å². The van der Waals surface area contributed by atoms with Gasteiger partial charge in [0.25, 0.3) is 0 Å². The number of aliphatic hydroxyl groups is 1. The van der Waals surface area contributed by atoms with Crippen molar-refractivity contribution in [3.8, 4) is 0 Å². The molecule has 1 heterocycles. The lowest BCUT2D eigenvalue weighted by Gasteiger charge is -2.24. The second-order valence-electron chi connectivity index (χ2n) is 5.12. The van der Waals surface area contributed by atoms with Gasteiger partial charge >= 0.3 is 5.97 Å². The maximum absolute atomic E-state index is 10.5. The molecule has 104 valence electrons. The Labute approximate surface area is 113 Å². The van der Waals surface area contributed by atoms with Crippen molar-refractivity contribution in [2.45, 2.75) is 44.2 Å². The SMILES string of the molecule is O=C(O)CCC(O)c1ccc(C2CCCCN2)cc1. The summed E-state index contributed by atoms with van der Waals surface area (Å²) in [5.41, 5.74) is 2.04. The summed E-state index contributed by atoms with van der Waals surface area (Å²) < 4.78 is 0. The Kier molecular flexibility index (Phi) is 4.93. The Bertz CT molecular complexity index is 410. The van der Waals surface area contributed by atoms with E-state index in [2.05, 4.69) is 5.32 Å². The lowest BCUT2D eigenvalue weighted by Crippen LogP contribution is -2.26. The Balaban J connectivity index is 1.95. The largest absolute Gasteiger partial charge is 0.481 e. The highest BCUT2D eigenvalue weighted by Crippen LogP contribution is 2.25. The summed E-state index contributed by atoms with van der Waals surface area (Å²) in [6, 6.07) is 8.28. The average Bonchev–Trinajstić information content (AvgIpc) is 2.46. The molecule has 2 rings (SSSR count). The summed E-state index contributed by atoms with van der Waals surface area (Å²) in [4.78, 5) is 10.5. The zero-order valence-corrected chi connectivity index (χ0v) is 11.0. The molecule has 2 atom stereocenters. The Morgan fingerprint density at radius 2 is 2.05 bits per heavy atom. The van der Waals surface area contributed by atoms with Gasteiger partial charge in [-0.3, -0.25) is 4.79 Å². The van der Waals surface area contributed by atoms with Gasteiger partial charge in [0.2, 0.25) is 0 Å². The lowest BCUT2D eigenvalue weighted by atomic mass is 9.95. The molecule has 1 saturated heterocycles. The highest BCUT2D eigenvalue weighted by Gasteiger charge is 2.15. The molecule has 4 heteroatoms. The number of hydrogen-bond acceptors (Lipinski definition) is 3. The number of rotatable bonds is 5. The second kappa shape index (κ2) is 6.68. The molecule has 0 amide bonds. The monoisotopic (exact) mass is 263 g/mol. The third-order valence-electron chi connectivity index (χ3n) is 3.67. The van der Waals surface area contributed by atoms with Crippen molar-refractivity contribution in [3.05, 3.63) is 35.4 Å². The summed E-state index contributed by atoms with van der Waals surface area (Å²) in [5.74, 6) is -0.873. The van der Waals surface area contributed by atoms with Crippen molar-refractivity contribution in [2.24, 2.45) is 0 Å². The van der Waals surface area contributed by atoms with Gasteiger partial charge in [-0.25, -0.2) is 0 Å². The first-order valence-corrected chi connectivity index (χ1v) is 6.90. The fourth-order valence-electron chi connectivity index (χ4n) is 2.51. The summed E-state index contributed by atoms with van der Waals surface area (Å²) in [7, 11) is 0. The molecule has 0 aromatic heterocycles. The molecular weight excluding hydrogens is 242 g/mol. The molecule has 2 unspecified atom stereocenters. The molecule has 0 bridgehead atoms. The molecule has 1 aromatic rings. The first-order chi connectivity index (χ1) is 9.16. The highest BCUT2D eigenvalue weighted by atomic mass is 16.4. The van der Waals surface area contributed by atoms with Gasteiger partial charge in [0.05, 0.1) is 6.10 Å². The number of carboxylic acid groups (broad SMARTS) is 1. The van der Waals surface area contributed by atoms with Crippen LogP contribution in [-0.4, -0.2) is 22.7 Å². The summed E-state index contributed by atoms with van der Waals surface area (Å²) in [6.45, 7) is 1.06. The number of aliphatic hydroxyl groups excluding tert-OH is 1.